The largest absolute Gasteiger partial charge is 0.298 e. The number of carbonyl (C=O) groups is 1. The molecule has 0 bridgehead atoms. The Labute approximate surface area is 183 Å². The lowest BCUT2D eigenvalue weighted by Gasteiger charge is -2.04. The molecule has 0 aliphatic carbocycles. The Kier molecular flexibility index (Phi) is 5.60. The van der Waals surface area contributed by atoms with E-state index in [4.69, 9.17) is 0 Å². The number of nitrogens with zero attached hydrogens (tertiary/aromatic N) is 5. The zero-order valence-electron chi connectivity index (χ0n) is 17.5. The van der Waals surface area contributed by atoms with E-state index in [1.54, 1.807) is 30.6 Å². The summed E-state index contributed by atoms with van der Waals surface area (Å²) >= 11 is 1.21. The van der Waals surface area contributed by atoms with Gasteiger partial charge in [0.1, 0.15) is 5.82 Å². The van der Waals surface area contributed by atoms with Gasteiger partial charge in [0.25, 0.3) is 11.9 Å². The Balaban J connectivity index is 1.63. The van der Waals surface area contributed by atoms with Crippen LogP contribution in [0.1, 0.15) is 47.2 Å². The molecule has 3 aromatic heterocycles. The van der Waals surface area contributed by atoms with Crippen molar-refractivity contribution in [3.05, 3.63) is 71.2 Å². The molecule has 158 valence electrons. The minimum absolute atomic E-state index is 0.0122. The standard InChI is InChI=1S/C22H21FN6OS/c1-12(2)19-16(11-29(28-19)21-25-13(3)9-14(4)26-21)20(30)27-22-24-10-18(31-22)15-7-5-6-8-17(15)23/h5-12H,1-4H3,(H,24,27,30). The van der Waals surface area contributed by atoms with E-state index in [1.807, 2.05) is 33.8 Å². The SMILES string of the molecule is Cc1cc(C)nc(-n2cc(C(=O)Nc3ncc(-c4ccccc4F)s3)c(C(C)C)n2)n1. The van der Waals surface area contributed by atoms with Gasteiger partial charge in [-0.25, -0.2) is 24.0 Å². The van der Waals surface area contributed by atoms with Crippen LogP contribution in [-0.4, -0.2) is 30.6 Å². The third kappa shape index (κ3) is 4.36. The number of thiazole rings is 1. The number of benzene rings is 1. The van der Waals surface area contributed by atoms with E-state index >= 15 is 0 Å². The van der Waals surface area contributed by atoms with Crippen LogP contribution in [0.5, 0.6) is 0 Å². The number of rotatable bonds is 5. The van der Waals surface area contributed by atoms with Crippen LogP contribution in [-0.2, 0) is 0 Å². The van der Waals surface area contributed by atoms with E-state index in [0.29, 0.717) is 32.8 Å². The van der Waals surface area contributed by atoms with Crippen LogP contribution in [0.2, 0.25) is 0 Å². The van der Waals surface area contributed by atoms with Gasteiger partial charge in [-0.1, -0.05) is 43.4 Å². The van der Waals surface area contributed by atoms with Crippen LogP contribution in [0, 0.1) is 19.7 Å². The maximum atomic E-state index is 14.0. The molecule has 0 aliphatic rings. The number of amides is 1. The predicted molar refractivity (Wildman–Crippen MR) is 118 cm³/mol. The lowest BCUT2D eigenvalue weighted by molar-refractivity contribution is 0.102. The molecule has 4 aromatic rings. The van der Waals surface area contributed by atoms with E-state index < -0.39 is 0 Å². The van der Waals surface area contributed by atoms with Crippen molar-refractivity contribution in [1.82, 2.24) is 24.7 Å². The maximum Gasteiger partial charge on any atom is 0.260 e. The van der Waals surface area contributed by atoms with Crippen molar-refractivity contribution >= 4 is 22.4 Å². The molecule has 3 heterocycles. The van der Waals surface area contributed by atoms with Gasteiger partial charge in [-0.15, -0.1) is 0 Å². The first-order chi connectivity index (χ1) is 14.8. The van der Waals surface area contributed by atoms with Crippen molar-refractivity contribution in [1.29, 1.82) is 0 Å². The average molecular weight is 437 g/mol. The highest BCUT2D eigenvalue weighted by atomic mass is 32.1. The molecule has 0 spiro atoms. The summed E-state index contributed by atoms with van der Waals surface area (Å²) in [5, 5.41) is 7.74. The first-order valence-electron chi connectivity index (χ1n) is 9.76. The van der Waals surface area contributed by atoms with Crippen LogP contribution in [0.15, 0.2) is 42.7 Å². The van der Waals surface area contributed by atoms with E-state index in [1.165, 1.54) is 22.1 Å². The van der Waals surface area contributed by atoms with E-state index in [9.17, 15) is 9.18 Å². The Morgan fingerprint density at radius 2 is 1.87 bits per heavy atom. The van der Waals surface area contributed by atoms with Crippen LogP contribution >= 0.6 is 11.3 Å². The second-order valence-electron chi connectivity index (χ2n) is 7.44. The predicted octanol–water partition coefficient (Wildman–Crippen LogP) is 4.92. The van der Waals surface area contributed by atoms with Crippen molar-refractivity contribution in [2.75, 3.05) is 5.32 Å². The Morgan fingerprint density at radius 1 is 1.16 bits per heavy atom. The molecule has 31 heavy (non-hydrogen) atoms. The van der Waals surface area contributed by atoms with Crippen LogP contribution in [0.4, 0.5) is 9.52 Å². The second kappa shape index (κ2) is 8.35. The zero-order valence-corrected chi connectivity index (χ0v) is 18.4. The Bertz CT molecular complexity index is 1240. The van der Waals surface area contributed by atoms with Crippen molar-refractivity contribution in [2.45, 2.75) is 33.6 Å². The summed E-state index contributed by atoms with van der Waals surface area (Å²) in [5.41, 5.74) is 3.13. The molecule has 1 amide bonds. The van der Waals surface area contributed by atoms with Crippen LogP contribution in [0.3, 0.4) is 0 Å². The maximum absolute atomic E-state index is 14.0. The lowest BCUT2D eigenvalue weighted by atomic mass is 10.1. The molecule has 0 unspecified atom stereocenters. The quantitative estimate of drug-likeness (QED) is 0.480. The number of hydrogen-bond donors (Lipinski definition) is 1. The normalized spacial score (nSPS) is 11.2. The highest BCUT2D eigenvalue weighted by molar-refractivity contribution is 7.19. The fraction of sp³-hybridized carbons (Fsp3) is 0.227. The molecule has 1 aromatic carbocycles. The van der Waals surface area contributed by atoms with Gasteiger partial charge in [-0.05, 0) is 31.9 Å². The van der Waals surface area contributed by atoms with Gasteiger partial charge >= 0.3 is 0 Å². The smallest absolute Gasteiger partial charge is 0.260 e. The highest BCUT2D eigenvalue weighted by Gasteiger charge is 2.21. The number of aromatic nitrogens is 5. The Morgan fingerprint density at radius 3 is 2.55 bits per heavy atom. The van der Waals surface area contributed by atoms with E-state index in [-0.39, 0.29) is 17.6 Å². The number of aryl methyl sites for hydroxylation is 2. The average Bonchev–Trinajstić information content (AvgIpc) is 3.35. The summed E-state index contributed by atoms with van der Waals surface area (Å²) < 4.78 is 15.6. The number of anilines is 1. The highest BCUT2D eigenvalue weighted by Crippen LogP contribution is 2.31. The minimum Gasteiger partial charge on any atom is -0.298 e. The molecular formula is C22H21FN6OS. The van der Waals surface area contributed by atoms with Gasteiger partial charge in [-0.3, -0.25) is 10.1 Å². The topological polar surface area (TPSA) is 85.6 Å². The third-order valence-electron chi connectivity index (χ3n) is 4.58. The van der Waals surface area contributed by atoms with Gasteiger partial charge < -0.3 is 0 Å². The Hall–Kier alpha value is -3.46. The molecule has 0 saturated carbocycles. The molecule has 4 rings (SSSR count). The molecule has 1 N–H and O–H groups in total. The third-order valence-corrected chi connectivity index (χ3v) is 5.52. The summed E-state index contributed by atoms with van der Waals surface area (Å²) in [4.78, 5) is 26.7. The van der Waals surface area contributed by atoms with Crippen LogP contribution in [0.25, 0.3) is 16.4 Å². The fourth-order valence-electron chi connectivity index (χ4n) is 3.18. The number of halogens is 1. The molecule has 7 nitrogen and oxygen atoms in total. The molecule has 0 fully saturated rings. The van der Waals surface area contributed by atoms with Gasteiger partial charge in [0.05, 0.1) is 16.1 Å². The fourth-order valence-corrected chi connectivity index (χ4v) is 4.02. The van der Waals surface area contributed by atoms with Crippen LogP contribution < -0.4 is 5.32 Å². The number of hydrogen-bond acceptors (Lipinski definition) is 6. The molecule has 0 atom stereocenters. The van der Waals surface area contributed by atoms with Gasteiger partial charge in [-0.2, -0.15) is 5.10 Å². The summed E-state index contributed by atoms with van der Waals surface area (Å²) in [6.07, 6.45) is 3.18. The molecule has 0 radical (unpaired) electrons. The molecular weight excluding hydrogens is 415 g/mol. The number of carbonyl (C=O) groups excluding carboxylic acids is 1. The zero-order chi connectivity index (χ0) is 22.1. The summed E-state index contributed by atoms with van der Waals surface area (Å²) in [6.45, 7) is 7.69. The monoisotopic (exact) mass is 436 g/mol. The molecule has 9 heteroatoms. The van der Waals surface area contributed by atoms with E-state index in [2.05, 4.69) is 25.4 Å². The van der Waals surface area contributed by atoms with Gasteiger partial charge in [0.2, 0.25) is 0 Å². The molecule has 0 saturated heterocycles. The van der Waals surface area contributed by atoms with Crippen molar-refractivity contribution in [2.24, 2.45) is 0 Å². The summed E-state index contributed by atoms with van der Waals surface area (Å²) in [5.74, 6) is -0.248. The summed E-state index contributed by atoms with van der Waals surface area (Å²) in [6, 6.07) is 8.34. The van der Waals surface area contributed by atoms with E-state index in [0.717, 1.165) is 11.4 Å². The number of nitrogens with one attached hydrogen (secondary N) is 1. The first kappa shape index (κ1) is 20.8. The van der Waals surface area contributed by atoms with Crippen molar-refractivity contribution < 1.29 is 9.18 Å². The van der Waals surface area contributed by atoms with Crippen molar-refractivity contribution in [3.63, 3.8) is 0 Å². The minimum atomic E-state index is -0.339. The second-order valence-corrected chi connectivity index (χ2v) is 8.47. The molecule has 0 aliphatic heterocycles. The van der Waals surface area contributed by atoms with Crippen molar-refractivity contribution in [3.8, 4) is 16.4 Å². The first-order valence-corrected chi connectivity index (χ1v) is 10.6. The lowest BCUT2D eigenvalue weighted by Crippen LogP contribution is -2.13. The summed E-state index contributed by atoms with van der Waals surface area (Å²) in [7, 11) is 0. The van der Waals surface area contributed by atoms with Gasteiger partial charge in [0, 0.05) is 29.3 Å². The van der Waals surface area contributed by atoms with Gasteiger partial charge in [0.15, 0.2) is 5.13 Å².